The third-order valence-corrected chi connectivity index (χ3v) is 12.9. The number of fused-ring (bicyclic) bond motifs is 2. The van der Waals surface area contributed by atoms with Crippen molar-refractivity contribution in [2.24, 2.45) is 0 Å². The van der Waals surface area contributed by atoms with Gasteiger partial charge in [-0.2, -0.15) is 42.1 Å². The molecule has 6 rings (SSSR count). The summed E-state index contributed by atoms with van der Waals surface area (Å²) in [6.07, 6.45) is 0. The number of aromatic hydroxyl groups is 2. The van der Waals surface area contributed by atoms with Gasteiger partial charge >= 0.3 is 0 Å². The molecule has 0 radical (unpaired) electrons. The molecular formula is C35H40N6O19S6. The molecule has 0 fully saturated rings. The molecule has 66 heavy (non-hydrogen) atoms. The van der Waals surface area contributed by atoms with Crippen LogP contribution in [0, 0.1) is 17.0 Å². The highest BCUT2D eigenvalue weighted by molar-refractivity contribution is 7.87. The van der Waals surface area contributed by atoms with E-state index in [1.807, 2.05) is 38.1 Å². The van der Waals surface area contributed by atoms with Gasteiger partial charge in [0.25, 0.3) is 56.3 Å². The van der Waals surface area contributed by atoms with E-state index in [1.54, 1.807) is 0 Å². The molecule has 0 unspecified atom stereocenters. The quantitative estimate of drug-likeness (QED) is 0.0278. The second-order valence-electron chi connectivity index (χ2n) is 12.6. The normalized spacial score (nSPS) is 11.7. The van der Waals surface area contributed by atoms with Crippen molar-refractivity contribution in [3.05, 3.63) is 94.5 Å². The number of anilines is 5. The van der Waals surface area contributed by atoms with Crippen molar-refractivity contribution < 1.29 is 80.0 Å². The third-order valence-electron chi connectivity index (χ3n) is 8.13. The van der Waals surface area contributed by atoms with E-state index in [1.165, 1.54) is 11.6 Å². The Balaban J connectivity index is 0.000000313. The molecule has 25 nitrogen and oxygen atoms in total. The van der Waals surface area contributed by atoms with Gasteiger partial charge in [-0.25, -0.2) is 0 Å². The smallest absolute Gasteiger partial charge is 0.297 e. The van der Waals surface area contributed by atoms with E-state index in [9.17, 15) is 67.0 Å². The predicted octanol–water partition coefficient (Wildman–Crippen LogP) is 4.14. The molecule has 0 saturated carbocycles. The van der Waals surface area contributed by atoms with Crippen molar-refractivity contribution in [2.45, 2.75) is 50.1 Å². The summed E-state index contributed by atoms with van der Waals surface area (Å²) in [6, 6.07) is 16.2. The standard InChI is InChI=1S/C10H11N3O7S2.C10H9NO7S2.C7H8S.C6H6N2O5S.C2H6/c11-4-2-5(21(15,16)17)3-1-6(22(18,19)20)9(13)10(14)7(3)8(4)12;11-8-2-1-6-7(10(8)20(16,17)18)3-5(4-9(6)12)19(13,14)15;1-6-2-4-7(8)5-3-6;7-5-2-1-4(8(9)10)3-6(5)14(11,12)13;1-2/h1-2,14H,11-13H2,(H,15,16,17)(H,18,19,20);1-4,12H,11H2,(H,13,14,15)(H,16,17,18);2-5,8H,1H3;1-3H,7H2,(H,11,12,13);1-2H3. The van der Waals surface area contributed by atoms with Gasteiger partial charge in [0.2, 0.25) is 0 Å². The van der Waals surface area contributed by atoms with Crippen LogP contribution in [0.5, 0.6) is 11.5 Å². The molecule has 0 heterocycles. The molecule has 360 valence electrons. The molecule has 0 aromatic heterocycles. The summed E-state index contributed by atoms with van der Waals surface area (Å²) in [4.78, 5) is 6.66. The second kappa shape index (κ2) is 20.9. The van der Waals surface area contributed by atoms with E-state index in [4.69, 9.17) is 46.9 Å². The Morgan fingerprint density at radius 2 is 1.03 bits per heavy atom. The first kappa shape index (κ1) is 55.9. The number of nitrogen functional groups attached to an aromatic ring is 5. The minimum atomic E-state index is -4.87. The minimum absolute atomic E-state index is 0.0424. The van der Waals surface area contributed by atoms with Crippen LogP contribution >= 0.6 is 12.6 Å². The van der Waals surface area contributed by atoms with Crippen molar-refractivity contribution in [1.82, 2.24) is 0 Å². The van der Waals surface area contributed by atoms with Crippen LogP contribution in [0.3, 0.4) is 0 Å². The number of nitro groups is 1. The lowest BCUT2D eigenvalue weighted by Crippen LogP contribution is -2.08. The van der Waals surface area contributed by atoms with E-state index in [-0.39, 0.29) is 38.9 Å². The predicted molar refractivity (Wildman–Crippen MR) is 245 cm³/mol. The van der Waals surface area contributed by atoms with Gasteiger partial charge in [0.05, 0.1) is 43.6 Å². The maximum absolute atomic E-state index is 11.4. The first-order valence-electron chi connectivity index (χ1n) is 17.3. The molecular weight excluding hydrogens is 1000 g/mol. The zero-order chi connectivity index (χ0) is 51.2. The van der Waals surface area contributed by atoms with Crippen molar-refractivity contribution in [3.8, 4) is 11.5 Å². The monoisotopic (exact) mass is 1040 g/mol. The Labute approximate surface area is 381 Å². The lowest BCUT2D eigenvalue weighted by atomic mass is 10.1. The van der Waals surface area contributed by atoms with Crippen LogP contribution in [-0.4, -0.2) is 80.0 Å². The number of nitro benzene ring substituents is 1. The Kier molecular flexibility index (Phi) is 17.7. The summed E-state index contributed by atoms with van der Waals surface area (Å²) in [6.45, 7) is 6.06. The number of benzene rings is 6. The third kappa shape index (κ3) is 13.9. The first-order chi connectivity index (χ1) is 30.0. The number of hydrogen-bond acceptors (Lipinski definition) is 20. The van der Waals surface area contributed by atoms with Crippen LogP contribution < -0.4 is 28.7 Å². The average Bonchev–Trinajstić information content (AvgIpc) is 3.17. The average molecular weight is 1040 g/mol. The van der Waals surface area contributed by atoms with Crippen molar-refractivity contribution in [2.75, 3.05) is 28.7 Å². The van der Waals surface area contributed by atoms with E-state index in [0.717, 1.165) is 41.3 Å². The van der Waals surface area contributed by atoms with Crippen LogP contribution in [0.15, 0.2) is 108 Å². The van der Waals surface area contributed by atoms with Crippen LogP contribution in [0.25, 0.3) is 21.5 Å². The van der Waals surface area contributed by atoms with E-state index >= 15 is 0 Å². The highest BCUT2D eigenvalue weighted by Crippen LogP contribution is 2.44. The molecule has 6 aromatic carbocycles. The molecule has 0 aliphatic carbocycles. The molecule has 0 atom stereocenters. The zero-order valence-corrected chi connectivity index (χ0v) is 38.8. The molecule has 0 bridgehead atoms. The van der Waals surface area contributed by atoms with Gasteiger partial charge in [-0.05, 0) is 55.5 Å². The number of aryl methyl sites for hydroxylation is 1. The number of phenolic OH excluding ortho intramolecular Hbond substituents is 2. The molecule has 0 aliphatic heterocycles. The summed E-state index contributed by atoms with van der Waals surface area (Å²) in [5, 5.41) is 28.8. The van der Waals surface area contributed by atoms with E-state index < -0.39 is 108 Å². The molecule has 6 aromatic rings. The topological polar surface area (TPSA) is 486 Å². The van der Waals surface area contributed by atoms with Gasteiger partial charge in [0, 0.05) is 39.3 Å². The maximum Gasteiger partial charge on any atom is 0.297 e. The second-order valence-corrected chi connectivity index (χ2v) is 20.1. The Hall–Kier alpha value is -6.26. The van der Waals surface area contributed by atoms with Crippen molar-refractivity contribution in [1.29, 1.82) is 0 Å². The number of phenols is 2. The summed E-state index contributed by atoms with van der Waals surface area (Å²) >= 11 is 4.13. The number of non-ortho nitro benzene ring substituents is 1. The maximum atomic E-state index is 11.4. The van der Waals surface area contributed by atoms with Crippen molar-refractivity contribution in [3.63, 3.8) is 0 Å². The molecule has 0 amide bonds. The summed E-state index contributed by atoms with van der Waals surface area (Å²) in [5.74, 6) is -1.47. The van der Waals surface area contributed by atoms with Gasteiger partial charge in [-0.15, -0.1) is 12.6 Å². The van der Waals surface area contributed by atoms with Crippen LogP contribution in [0.4, 0.5) is 34.1 Å². The molecule has 0 spiro atoms. The number of thiol groups is 1. The van der Waals surface area contributed by atoms with Crippen LogP contribution in [0.2, 0.25) is 0 Å². The van der Waals surface area contributed by atoms with Crippen LogP contribution in [-0.2, 0) is 50.6 Å². The van der Waals surface area contributed by atoms with Gasteiger partial charge < -0.3 is 38.9 Å². The fourth-order valence-corrected chi connectivity index (χ4v) is 8.70. The number of rotatable bonds is 6. The SMILES string of the molecule is CC.Cc1ccc(S)cc1.Nc1cc(S(=O)(=O)O)c2cc(S(=O)(=O)O)c(N)c(O)c2c1N.Nc1ccc([N+](=O)[O-])cc1S(=O)(=O)O.Nc1ccc2c(O)cc(S(=O)(=O)O)cc2c1S(=O)(=O)O. The lowest BCUT2D eigenvalue weighted by molar-refractivity contribution is -0.385. The number of nitrogens with two attached hydrogens (primary N) is 5. The Morgan fingerprint density at radius 3 is 1.47 bits per heavy atom. The van der Waals surface area contributed by atoms with Gasteiger partial charge in [0.15, 0.2) is 0 Å². The fourth-order valence-electron chi connectivity index (χ4n) is 5.22. The molecule has 31 heteroatoms. The Bertz CT molecular complexity index is 3410. The number of nitrogens with zero attached hydrogens (tertiary/aromatic N) is 1. The fraction of sp³-hybridized carbons (Fsp3) is 0.0857. The Morgan fingerprint density at radius 1 is 0.530 bits per heavy atom. The highest BCUT2D eigenvalue weighted by atomic mass is 32.2. The highest BCUT2D eigenvalue weighted by Gasteiger charge is 2.27. The zero-order valence-electron chi connectivity index (χ0n) is 33.9. The van der Waals surface area contributed by atoms with Crippen molar-refractivity contribution >= 4 is 119 Å². The summed E-state index contributed by atoms with van der Waals surface area (Å²) < 4.78 is 157. The van der Waals surface area contributed by atoms with Gasteiger partial charge in [-0.3, -0.25) is 32.9 Å². The summed E-state index contributed by atoms with van der Waals surface area (Å²) in [7, 11) is -23.6. The molecule has 0 aliphatic rings. The minimum Gasteiger partial charge on any atom is -0.507 e. The van der Waals surface area contributed by atoms with Gasteiger partial charge in [-0.1, -0.05) is 31.5 Å². The molecule has 0 saturated heterocycles. The largest absolute Gasteiger partial charge is 0.507 e. The lowest BCUT2D eigenvalue weighted by Gasteiger charge is -2.14. The van der Waals surface area contributed by atoms with E-state index in [2.05, 4.69) is 19.6 Å². The number of hydrogen-bond donors (Lipinski definition) is 13. The summed E-state index contributed by atoms with van der Waals surface area (Å²) in [5.41, 5.74) is 26.2. The van der Waals surface area contributed by atoms with Gasteiger partial charge in [0.1, 0.15) is 31.1 Å². The van der Waals surface area contributed by atoms with Crippen LogP contribution in [0.1, 0.15) is 19.4 Å². The van der Waals surface area contributed by atoms with E-state index in [0.29, 0.717) is 12.1 Å². The first-order valence-corrected chi connectivity index (χ1v) is 25.0. The molecule has 17 N–H and O–H groups in total.